The van der Waals surface area contributed by atoms with Crippen LogP contribution in [-0.4, -0.2) is 47.2 Å². The van der Waals surface area contributed by atoms with Crippen LogP contribution in [0.3, 0.4) is 0 Å². The highest BCUT2D eigenvalue weighted by molar-refractivity contribution is 5.88. The number of benzene rings is 1. The molecule has 23 heavy (non-hydrogen) atoms. The molecule has 0 unspecified atom stereocenters. The predicted octanol–water partition coefficient (Wildman–Crippen LogP) is 2.24. The number of hydrogen-bond acceptors (Lipinski definition) is 3. The van der Waals surface area contributed by atoms with Crippen LogP contribution in [0.1, 0.15) is 41.6 Å². The van der Waals surface area contributed by atoms with E-state index in [-0.39, 0.29) is 23.5 Å². The Balaban J connectivity index is 1.59. The molecule has 0 saturated carbocycles. The largest absolute Gasteiger partial charge is 0.478 e. The van der Waals surface area contributed by atoms with Gasteiger partial charge in [-0.15, -0.1) is 0 Å². The highest BCUT2D eigenvalue weighted by Crippen LogP contribution is 2.35. The van der Waals surface area contributed by atoms with E-state index in [0.29, 0.717) is 18.7 Å². The van der Waals surface area contributed by atoms with Gasteiger partial charge in [0.05, 0.1) is 17.6 Å². The van der Waals surface area contributed by atoms with E-state index in [1.807, 2.05) is 0 Å². The van der Waals surface area contributed by atoms with Crippen molar-refractivity contribution in [3.63, 3.8) is 0 Å². The Morgan fingerprint density at radius 3 is 2.57 bits per heavy atom. The second-order valence-corrected chi connectivity index (χ2v) is 6.31. The lowest BCUT2D eigenvalue weighted by Gasteiger charge is -2.38. The molecule has 1 aromatic carbocycles. The van der Waals surface area contributed by atoms with Gasteiger partial charge in [-0.2, -0.15) is 0 Å². The molecule has 0 aromatic heterocycles. The quantitative estimate of drug-likeness (QED) is 0.927. The summed E-state index contributed by atoms with van der Waals surface area (Å²) in [4.78, 5) is 24.9. The fourth-order valence-electron chi connectivity index (χ4n) is 3.44. The Labute approximate surface area is 134 Å². The lowest BCUT2D eigenvalue weighted by atomic mass is 9.88. The van der Waals surface area contributed by atoms with Gasteiger partial charge >= 0.3 is 5.97 Å². The van der Waals surface area contributed by atoms with Crippen LogP contribution in [0.5, 0.6) is 0 Å². The number of carbonyl (C=O) groups excluding carboxylic acids is 1. The number of carboxylic acid groups (broad SMARTS) is 1. The third kappa shape index (κ3) is 3.37. The van der Waals surface area contributed by atoms with Crippen LogP contribution in [0.15, 0.2) is 18.2 Å². The fourth-order valence-corrected chi connectivity index (χ4v) is 3.44. The summed E-state index contributed by atoms with van der Waals surface area (Å²) in [6, 6.07) is 3.83. The van der Waals surface area contributed by atoms with Crippen molar-refractivity contribution in [3.8, 4) is 0 Å². The maximum absolute atomic E-state index is 13.7. The molecule has 1 N–H and O–H groups in total. The summed E-state index contributed by atoms with van der Waals surface area (Å²) in [7, 11) is 0. The Morgan fingerprint density at radius 2 is 2.00 bits per heavy atom. The van der Waals surface area contributed by atoms with Gasteiger partial charge in [-0.1, -0.05) is 6.07 Å². The molecule has 2 fully saturated rings. The molecule has 6 heteroatoms. The Kier molecular flexibility index (Phi) is 4.35. The second kappa shape index (κ2) is 6.28. The standard InChI is InChI=1S/C17H20FNO4/c18-14-10-12(2-3-13(14)16(21)22)11-15(20)19-7-5-17(6-8-19)4-1-9-23-17/h2-3,10H,1,4-9,11H2,(H,21,22). The van der Waals surface area contributed by atoms with Gasteiger partial charge in [0.1, 0.15) is 5.82 Å². The minimum atomic E-state index is -1.31. The molecule has 1 spiro atoms. The first-order chi connectivity index (χ1) is 11.0. The van der Waals surface area contributed by atoms with E-state index in [1.165, 1.54) is 12.1 Å². The third-order valence-electron chi connectivity index (χ3n) is 4.83. The van der Waals surface area contributed by atoms with Gasteiger partial charge < -0.3 is 14.7 Å². The summed E-state index contributed by atoms with van der Waals surface area (Å²) >= 11 is 0. The van der Waals surface area contributed by atoms with E-state index in [0.717, 1.165) is 38.4 Å². The molecular weight excluding hydrogens is 301 g/mol. The van der Waals surface area contributed by atoms with Crippen LogP contribution in [0, 0.1) is 5.82 Å². The topological polar surface area (TPSA) is 66.8 Å². The first kappa shape index (κ1) is 15.9. The van der Waals surface area contributed by atoms with Gasteiger partial charge in [-0.05, 0) is 43.4 Å². The van der Waals surface area contributed by atoms with E-state index >= 15 is 0 Å². The molecule has 1 amide bonds. The Bertz CT molecular complexity index is 615. The van der Waals surface area contributed by atoms with E-state index in [4.69, 9.17) is 9.84 Å². The number of hydrogen-bond donors (Lipinski definition) is 1. The van der Waals surface area contributed by atoms with E-state index in [9.17, 15) is 14.0 Å². The number of carboxylic acids is 1. The number of likely N-dealkylation sites (tertiary alicyclic amines) is 1. The van der Waals surface area contributed by atoms with Gasteiger partial charge in [0.15, 0.2) is 0 Å². The normalized spacial score (nSPS) is 20.0. The maximum Gasteiger partial charge on any atom is 0.338 e. The Hall–Kier alpha value is -1.95. The van der Waals surface area contributed by atoms with Crippen LogP contribution in [0.4, 0.5) is 4.39 Å². The van der Waals surface area contributed by atoms with E-state index in [2.05, 4.69) is 0 Å². The monoisotopic (exact) mass is 321 g/mol. The first-order valence-electron chi connectivity index (χ1n) is 7.93. The van der Waals surface area contributed by atoms with Crippen LogP contribution in [0.25, 0.3) is 0 Å². The number of amides is 1. The summed E-state index contributed by atoms with van der Waals surface area (Å²) in [5.41, 5.74) is 0.0841. The number of aromatic carboxylic acids is 1. The minimum absolute atomic E-state index is 0.0357. The molecule has 0 aliphatic carbocycles. The molecule has 2 aliphatic heterocycles. The molecule has 0 radical (unpaired) electrons. The van der Waals surface area contributed by atoms with Crippen molar-refractivity contribution in [1.82, 2.24) is 4.90 Å². The molecule has 1 aromatic rings. The fraction of sp³-hybridized carbons (Fsp3) is 0.529. The number of rotatable bonds is 3. The molecule has 2 heterocycles. The van der Waals surface area contributed by atoms with Crippen LogP contribution in [0.2, 0.25) is 0 Å². The molecule has 2 saturated heterocycles. The number of piperidine rings is 1. The molecule has 0 bridgehead atoms. The van der Waals surface area contributed by atoms with Crippen molar-refractivity contribution in [2.24, 2.45) is 0 Å². The number of halogens is 1. The van der Waals surface area contributed by atoms with Crippen molar-refractivity contribution >= 4 is 11.9 Å². The summed E-state index contributed by atoms with van der Waals surface area (Å²) < 4.78 is 19.5. The van der Waals surface area contributed by atoms with Crippen LogP contribution in [-0.2, 0) is 16.0 Å². The lowest BCUT2D eigenvalue weighted by molar-refractivity contribution is -0.135. The zero-order valence-electron chi connectivity index (χ0n) is 12.9. The van der Waals surface area contributed by atoms with Crippen molar-refractivity contribution in [2.45, 2.75) is 37.7 Å². The van der Waals surface area contributed by atoms with E-state index < -0.39 is 11.8 Å². The van der Waals surface area contributed by atoms with Crippen molar-refractivity contribution < 1.29 is 23.8 Å². The van der Waals surface area contributed by atoms with Gasteiger partial charge in [-0.25, -0.2) is 9.18 Å². The van der Waals surface area contributed by atoms with Gasteiger partial charge in [-0.3, -0.25) is 4.79 Å². The maximum atomic E-state index is 13.7. The van der Waals surface area contributed by atoms with Crippen molar-refractivity contribution in [1.29, 1.82) is 0 Å². The number of nitrogens with zero attached hydrogens (tertiary/aromatic N) is 1. The van der Waals surface area contributed by atoms with Gasteiger partial charge in [0.25, 0.3) is 0 Å². The SMILES string of the molecule is O=C(O)c1ccc(CC(=O)N2CCC3(CCCO3)CC2)cc1F. The number of ether oxygens (including phenoxy) is 1. The van der Waals surface area contributed by atoms with E-state index in [1.54, 1.807) is 4.90 Å². The highest BCUT2D eigenvalue weighted by Gasteiger charge is 2.39. The van der Waals surface area contributed by atoms with Gasteiger partial charge in [0.2, 0.25) is 5.91 Å². The molecule has 0 atom stereocenters. The van der Waals surface area contributed by atoms with Gasteiger partial charge in [0, 0.05) is 19.7 Å². The smallest absolute Gasteiger partial charge is 0.338 e. The van der Waals surface area contributed by atoms with Crippen molar-refractivity contribution in [2.75, 3.05) is 19.7 Å². The Morgan fingerprint density at radius 1 is 1.26 bits per heavy atom. The highest BCUT2D eigenvalue weighted by atomic mass is 19.1. The molecule has 124 valence electrons. The predicted molar refractivity (Wildman–Crippen MR) is 80.8 cm³/mol. The number of carbonyl (C=O) groups is 2. The van der Waals surface area contributed by atoms with Crippen molar-refractivity contribution in [3.05, 3.63) is 35.1 Å². The summed E-state index contributed by atoms with van der Waals surface area (Å²) in [5.74, 6) is -2.17. The van der Waals surface area contributed by atoms with Crippen LogP contribution < -0.4 is 0 Å². The first-order valence-corrected chi connectivity index (χ1v) is 7.93. The summed E-state index contributed by atoms with van der Waals surface area (Å²) in [6.07, 6.45) is 3.95. The molecular formula is C17H20FNO4. The molecule has 5 nitrogen and oxygen atoms in total. The molecule has 3 rings (SSSR count). The summed E-state index contributed by atoms with van der Waals surface area (Å²) in [6.45, 7) is 2.13. The zero-order chi connectivity index (χ0) is 16.4. The lowest BCUT2D eigenvalue weighted by Crippen LogP contribution is -2.46. The van der Waals surface area contributed by atoms with Crippen LogP contribution >= 0.6 is 0 Å². The third-order valence-corrected chi connectivity index (χ3v) is 4.83. The zero-order valence-corrected chi connectivity index (χ0v) is 12.9. The average Bonchev–Trinajstić information content (AvgIpc) is 2.96. The molecule has 2 aliphatic rings. The average molecular weight is 321 g/mol. The minimum Gasteiger partial charge on any atom is -0.478 e. The second-order valence-electron chi connectivity index (χ2n) is 6.31. The summed E-state index contributed by atoms with van der Waals surface area (Å²) in [5, 5.41) is 8.82.